The maximum absolute atomic E-state index is 14.2. The SMILES string of the molecule is CC(C)(C)OC(=O)N1[C@@H](c2ccccc2)CC[C@H]1C(=O)N1CCC[C@H]1B1OC2CC3CC(C3(C)C)[C@]2(C)O1. The third-order valence-corrected chi connectivity index (χ3v) is 10.3. The van der Waals surface area contributed by atoms with Crippen molar-refractivity contribution in [3.8, 4) is 0 Å². The number of nitrogens with zero attached hydrogens (tertiary/aromatic N) is 2. The highest BCUT2D eigenvalue weighted by Gasteiger charge is 2.69. The van der Waals surface area contributed by atoms with E-state index in [0.717, 1.165) is 31.2 Å². The van der Waals surface area contributed by atoms with E-state index in [2.05, 4.69) is 20.8 Å². The van der Waals surface area contributed by atoms with Crippen molar-refractivity contribution in [3.63, 3.8) is 0 Å². The van der Waals surface area contributed by atoms with Gasteiger partial charge in [-0.25, -0.2) is 4.79 Å². The van der Waals surface area contributed by atoms with Gasteiger partial charge in [0.15, 0.2) is 0 Å². The number of amides is 2. The molecule has 6 aliphatic rings. The van der Waals surface area contributed by atoms with Gasteiger partial charge in [-0.15, -0.1) is 0 Å². The molecule has 1 aromatic rings. The van der Waals surface area contributed by atoms with Crippen LogP contribution in [0.25, 0.3) is 0 Å². The number of likely N-dealkylation sites (tertiary alicyclic amines) is 2. The lowest BCUT2D eigenvalue weighted by Crippen LogP contribution is -2.65. The van der Waals surface area contributed by atoms with Crippen LogP contribution in [0.4, 0.5) is 4.79 Å². The summed E-state index contributed by atoms with van der Waals surface area (Å²) in [6.07, 6.45) is 5.03. The van der Waals surface area contributed by atoms with Crippen molar-refractivity contribution in [3.05, 3.63) is 35.9 Å². The lowest BCUT2D eigenvalue weighted by atomic mass is 9.43. The van der Waals surface area contributed by atoms with Gasteiger partial charge in [-0.2, -0.15) is 0 Å². The van der Waals surface area contributed by atoms with E-state index in [0.29, 0.717) is 24.8 Å². The molecule has 2 amide bonds. The zero-order chi connectivity index (χ0) is 27.0. The molecule has 3 heterocycles. The summed E-state index contributed by atoms with van der Waals surface area (Å²) < 4.78 is 19.2. The van der Waals surface area contributed by atoms with Crippen molar-refractivity contribution in [2.45, 2.75) is 115 Å². The molecule has 3 saturated carbocycles. The van der Waals surface area contributed by atoms with Crippen LogP contribution in [0.3, 0.4) is 0 Å². The minimum absolute atomic E-state index is 0.00589. The lowest BCUT2D eigenvalue weighted by molar-refractivity contribution is -0.199. The lowest BCUT2D eigenvalue weighted by Gasteiger charge is -2.64. The van der Waals surface area contributed by atoms with Crippen LogP contribution < -0.4 is 0 Å². The molecule has 8 heteroatoms. The van der Waals surface area contributed by atoms with E-state index in [9.17, 15) is 9.59 Å². The van der Waals surface area contributed by atoms with Gasteiger partial charge < -0.3 is 18.9 Å². The number of benzene rings is 1. The first-order chi connectivity index (χ1) is 17.9. The Bertz CT molecular complexity index is 1090. The van der Waals surface area contributed by atoms with E-state index in [1.807, 2.05) is 56.0 Å². The van der Waals surface area contributed by atoms with Crippen molar-refractivity contribution in [2.75, 3.05) is 6.54 Å². The Morgan fingerprint density at radius 3 is 2.47 bits per heavy atom. The van der Waals surface area contributed by atoms with Crippen molar-refractivity contribution >= 4 is 19.1 Å². The van der Waals surface area contributed by atoms with E-state index in [-0.39, 0.29) is 35.0 Å². The first kappa shape index (κ1) is 26.2. The highest BCUT2D eigenvalue weighted by Crippen LogP contribution is 2.66. The molecule has 7 nitrogen and oxygen atoms in total. The topological polar surface area (TPSA) is 68.3 Å². The predicted octanol–water partition coefficient (Wildman–Crippen LogP) is 5.39. The Hall–Kier alpha value is -2.06. The highest BCUT2D eigenvalue weighted by molar-refractivity contribution is 6.48. The molecule has 206 valence electrons. The maximum Gasteiger partial charge on any atom is 0.481 e. The minimum Gasteiger partial charge on any atom is -0.444 e. The summed E-state index contributed by atoms with van der Waals surface area (Å²) in [6.45, 7) is 13.2. The van der Waals surface area contributed by atoms with Gasteiger partial charge in [0.1, 0.15) is 11.6 Å². The molecular weight excluding hydrogens is 479 g/mol. The van der Waals surface area contributed by atoms with Gasteiger partial charge in [-0.3, -0.25) is 9.69 Å². The van der Waals surface area contributed by atoms with Crippen molar-refractivity contribution in [1.29, 1.82) is 0 Å². The molecule has 3 aliphatic heterocycles. The summed E-state index contributed by atoms with van der Waals surface area (Å²) in [7, 11) is -0.409. The van der Waals surface area contributed by atoms with Gasteiger partial charge >= 0.3 is 13.2 Å². The Kier molecular flexibility index (Phi) is 6.19. The zero-order valence-electron chi connectivity index (χ0n) is 23.8. The van der Waals surface area contributed by atoms with Crippen molar-refractivity contribution in [1.82, 2.24) is 9.80 Å². The van der Waals surface area contributed by atoms with Gasteiger partial charge in [-0.1, -0.05) is 44.2 Å². The van der Waals surface area contributed by atoms with Crippen LogP contribution in [-0.4, -0.2) is 64.8 Å². The summed E-state index contributed by atoms with van der Waals surface area (Å²) in [6, 6.07) is 9.26. The average molecular weight is 522 g/mol. The first-order valence-corrected chi connectivity index (χ1v) is 14.6. The fourth-order valence-corrected chi connectivity index (χ4v) is 8.23. The molecule has 0 spiro atoms. The second-order valence-electron chi connectivity index (χ2n) is 14.0. The third kappa shape index (κ3) is 4.09. The number of carbonyl (C=O) groups excluding carboxylic acids is 2. The molecule has 38 heavy (non-hydrogen) atoms. The quantitative estimate of drug-likeness (QED) is 0.499. The fraction of sp³-hybridized carbons (Fsp3) is 0.733. The van der Waals surface area contributed by atoms with Gasteiger partial charge in [0.2, 0.25) is 5.91 Å². The number of rotatable bonds is 3. The molecular formula is C30H43BN2O5. The summed E-state index contributed by atoms with van der Waals surface area (Å²) in [5.41, 5.74) is 0.372. The normalized spacial score (nSPS) is 37.7. The first-order valence-electron chi connectivity index (χ1n) is 14.6. The number of hydrogen-bond donors (Lipinski definition) is 0. The Balaban J connectivity index is 1.23. The van der Waals surface area contributed by atoms with Crippen LogP contribution in [0.1, 0.15) is 91.7 Å². The molecule has 3 unspecified atom stereocenters. The van der Waals surface area contributed by atoms with Gasteiger partial charge in [0.05, 0.1) is 23.7 Å². The number of carbonyl (C=O) groups is 2. The van der Waals surface area contributed by atoms with Crippen LogP contribution in [0.15, 0.2) is 30.3 Å². The summed E-state index contributed by atoms with van der Waals surface area (Å²) in [5.74, 6) is 1.04. The predicted molar refractivity (Wildman–Crippen MR) is 145 cm³/mol. The molecule has 0 radical (unpaired) electrons. The Morgan fingerprint density at radius 2 is 1.79 bits per heavy atom. The van der Waals surface area contributed by atoms with E-state index in [4.69, 9.17) is 14.0 Å². The molecule has 2 bridgehead atoms. The van der Waals surface area contributed by atoms with Crippen LogP contribution in [-0.2, 0) is 18.8 Å². The van der Waals surface area contributed by atoms with Crippen LogP contribution in [0.2, 0.25) is 0 Å². The molecule has 7 rings (SSSR count). The molecule has 3 saturated heterocycles. The van der Waals surface area contributed by atoms with E-state index in [1.165, 1.54) is 6.42 Å². The summed E-state index contributed by atoms with van der Waals surface area (Å²) in [5, 5.41) is 0. The monoisotopic (exact) mass is 522 g/mol. The molecule has 1 aromatic carbocycles. The van der Waals surface area contributed by atoms with Crippen LogP contribution in [0.5, 0.6) is 0 Å². The second kappa shape index (κ2) is 8.98. The van der Waals surface area contributed by atoms with Crippen LogP contribution in [0, 0.1) is 17.3 Å². The largest absolute Gasteiger partial charge is 0.481 e. The zero-order valence-corrected chi connectivity index (χ0v) is 23.8. The molecule has 0 N–H and O–H groups in total. The summed E-state index contributed by atoms with van der Waals surface area (Å²) in [4.78, 5) is 31.4. The fourth-order valence-electron chi connectivity index (χ4n) is 8.23. The van der Waals surface area contributed by atoms with Gasteiger partial charge in [-0.05, 0) is 89.0 Å². The molecule has 6 fully saturated rings. The Labute approximate surface area is 227 Å². The second-order valence-corrected chi connectivity index (χ2v) is 14.0. The van der Waals surface area contributed by atoms with Gasteiger partial charge in [0, 0.05) is 6.54 Å². The smallest absolute Gasteiger partial charge is 0.444 e. The minimum atomic E-state index is -0.642. The number of ether oxygens (including phenoxy) is 1. The third-order valence-electron chi connectivity index (χ3n) is 10.3. The van der Waals surface area contributed by atoms with Crippen molar-refractivity contribution < 1.29 is 23.6 Å². The van der Waals surface area contributed by atoms with Crippen LogP contribution >= 0.6 is 0 Å². The standard InChI is InChI=1S/C30H43BN2O5/c1-28(2,3)36-27(35)33-21(19-11-8-7-9-12-19)14-15-22(33)26(34)32-16-10-13-25(32)31-37-24-18-20-17-23(29(20,4)5)30(24,6)38-31/h7-9,11-12,20-25H,10,13-18H2,1-6H3/t20?,21-,22+,23?,24?,25+,30+/m1/s1. The molecule has 3 aliphatic carbocycles. The maximum atomic E-state index is 14.2. The summed E-state index contributed by atoms with van der Waals surface area (Å²) >= 11 is 0. The van der Waals surface area contributed by atoms with E-state index < -0.39 is 24.9 Å². The molecule has 7 atom stereocenters. The van der Waals surface area contributed by atoms with E-state index >= 15 is 0 Å². The average Bonchev–Trinajstić information content (AvgIpc) is 3.58. The van der Waals surface area contributed by atoms with Crippen molar-refractivity contribution in [2.24, 2.45) is 17.3 Å². The number of hydrogen-bond acceptors (Lipinski definition) is 5. The van der Waals surface area contributed by atoms with Gasteiger partial charge in [0.25, 0.3) is 0 Å². The van der Waals surface area contributed by atoms with E-state index in [1.54, 1.807) is 4.90 Å². The molecule has 0 aromatic heterocycles. The Morgan fingerprint density at radius 1 is 1.05 bits per heavy atom. The highest BCUT2D eigenvalue weighted by atomic mass is 16.7.